The number of hydrogen-bond donors (Lipinski definition) is 2. The highest BCUT2D eigenvalue weighted by molar-refractivity contribution is 6.62. The van der Waals surface area contributed by atoms with Crippen LogP contribution < -0.4 is 16.5 Å². The number of nitrogens with one attached hydrogen (secondary N) is 1. The van der Waals surface area contributed by atoms with Crippen LogP contribution in [0, 0.1) is 0 Å². The summed E-state index contributed by atoms with van der Waals surface area (Å²) in [4.78, 5) is 8.45. The van der Waals surface area contributed by atoms with Gasteiger partial charge in [-0.15, -0.1) is 0 Å². The molecule has 0 unspecified atom stereocenters. The smallest absolute Gasteiger partial charge is 0.399 e. The van der Waals surface area contributed by atoms with Crippen molar-refractivity contribution in [3.05, 3.63) is 23.9 Å². The number of nitrogens with zero attached hydrogens (tertiary/aromatic N) is 2. The van der Waals surface area contributed by atoms with Gasteiger partial charge in [0.05, 0.1) is 16.7 Å². The zero-order valence-corrected chi connectivity index (χ0v) is 18.3. The van der Waals surface area contributed by atoms with Crippen molar-refractivity contribution in [3.8, 4) is 0 Å². The molecule has 0 bridgehead atoms. The standard InChI is InChI=1S/C16H22BN3O2.C2H7N.C2H6/c1-6-10-7-12(8-11-9-19-14(18)20-13(10)11)17-21-15(2,3)16(4,5)22-17;1-3-2;1-2/h7-9H,6H2,1-5H3,(H2,18,19,20);3H,1-2H3;1-2H3. The van der Waals surface area contributed by atoms with Crippen LogP contribution in [-0.2, 0) is 15.7 Å². The van der Waals surface area contributed by atoms with Crippen molar-refractivity contribution in [2.75, 3.05) is 19.8 Å². The predicted octanol–water partition coefficient (Wildman–Crippen LogP) is 2.94. The van der Waals surface area contributed by atoms with E-state index in [1.165, 1.54) is 0 Å². The molecule has 0 saturated carbocycles. The van der Waals surface area contributed by atoms with E-state index in [-0.39, 0.29) is 18.3 Å². The minimum Gasteiger partial charge on any atom is -0.399 e. The van der Waals surface area contributed by atoms with Crippen LogP contribution in [0.5, 0.6) is 0 Å². The van der Waals surface area contributed by atoms with E-state index in [0.29, 0.717) is 5.95 Å². The molecule has 3 rings (SSSR count). The molecule has 0 atom stereocenters. The Morgan fingerprint density at radius 3 is 2.07 bits per heavy atom. The molecule has 6 nitrogen and oxygen atoms in total. The lowest BCUT2D eigenvalue weighted by atomic mass is 9.77. The number of nitrogens with two attached hydrogens (primary N) is 1. The fraction of sp³-hybridized carbons (Fsp3) is 0.600. The molecular weight excluding hydrogens is 339 g/mol. The van der Waals surface area contributed by atoms with Gasteiger partial charge in [-0.3, -0.25) is 0 Å². The number of fused-ring (bicyclic) bond motifs is 1. The number of aromatic nitrogens is 2. The fourth-order valence-electron chi connectivity index (χ4n) is 2.64. The molecule has 1 saturated heterocycles. The van der Waals surface area contributed by atoms with Crippen LogP contribution >= 0.6 is 0 Å². The maximum absolute atomic E-state index is 6.13. The summed E-state index contributed by atoms with van der Waals surface area (Å²) in [6, 6.07) is 4.12. The van der Waals surface area contributed by atoms with Gasteiger partial charge in [0, 0.05) is 11.6 Å². The molecule has 0 radical (unpaired) electrons. The zero-order valence-electron chi connectivity index (χ0n) is 18.3. The maximum Gasteiger partial charge on any atom is 0.494 e. The van der Waals surface area contributed by atoms with Crippen molar-refractivity contribution < 1.29 is 9.31 Å². The third-order valence-electron chi connectivity index (χ3n) is 4.71. The molecular formula is C20H35BN4O2. The van der Waals surface area contributed by atoms with E-state index in [0.717, 1.165) is 28.4 Å². The monoisotopic (exact) mass is 374 g/mol. The minimum absolute atomic E-state index is 0.297. The Balaban J connectivity index is 0.000000665. The second kappa shape index (κ2) is 9.49. The first-order valence-electron chi connectivity index (χ1n) is 9.64. The molecule has 150 valence electrons. The average Bonchev–Trinajstić information content (AvgIpc) is 2.84. The van der Waals surface area contributed by atoms with Crippen LogP contribution in [0.2, 0.25) is 0 Å². The molecule has 7 heteroatoms. The first-order chi connectivity index (χ1) is 12.6. The normalized spacial score (nSPS) is 17.0. The number of nitrogen functional groups attached to an aromatic ring is 1. The van der Waals surface area contributed by atoms with Gasteiger partial charge in [0.15, 0.2) is 0 Å². The molecule has 0 spiro atoms. The van der Waals surface area contributed by atoms with Crippen LogP contribution in [0.4, 0.5) is 5.95 Å². The number of hydrogen-bond acceptors (Lipinski definition) is 6. The van der Waals surface area contributed by atoms with Gasteiger partial charge >= 0.3 is 7.12 Å². The summed E-state index contributed by atoms with van der Waals surface area (Å²) in [7, 11) is 3.37. The van der Waals surface area contributed by atoms with Gasteiger partial charge in [0.25, 0.3) is 0 Å². The maximum atomic E-state index is 6.13. The summed E-state index contributed by atoms with van der Waals surface area (Å²) in [5, 5.41) is 3.71. The molecule has 2 heterocycles. The molecule has 0 aliphatic carbocycles. The Morgan fingerprint density at radius 1 is 1.07 bits per heavy atom. The first-order valence-corrected chi connectivity index (χ1v) is 9.64. The molecule has 1 aliphatic heterocycles. The molecule has 1 aromatic carbocycles. The van der Waals surface area contributed by atoms with E-state index in [9.17, 15) is 0 Å². The number of anilines is 1. The summed E-state index contributed by atoms with van der Waals surface area (Å²) in [5.41, 5.74) is 8.02. The quantitative estimate of drug-likeness (QED) is 0.787. The van der Waals surface area contributed by atoms with Gasteiger partial charge in [0.2, 0.25) is 5.95 Å². The van der Waals surface area contributed by atoms with E-state index >= 15 is 0 Å². The van der Waals surface area contributed by atoms with Crippen molar-refractivity contribution in [1.82, 2.24) is 15.3 Å². The first kappa shape index (κ1) is 23.3. The van der Waals surface area contributed by atoms with Crippen LogP contribution in [0.3, 0.4) is 0 Å². The van der Waals surface area contributed by atoms with Gasteiger partial charge in [0.1, 0.15) is 0 Å². The van der Waals surface area contributed by atoms with Gasteiger partial charge in [-0.25, -0.2) is 9.97 Å². The van der Waals surface area contributed by atoms with Gasteiger partial charge in [-0.05, 0) is 59.2 Å². The van der Waals surface area contributed by atoms with Crippen molar-refractivity contribution in [2.45, 2.75) is 66.1 Å². The largest absolute Gasteiger partial charge is 0.494 e. The number of aryl methyl sites for hydroxylation is 1. The van der Waals surface area contributed by atoms with Gasteiger partial charge in [-0.2, -0.15) is 0 Å². The van der Waals surface area contributed by atoms with Crippen molar-refractivity contribution in [1.29, 1.82) is 0 Å². The number of rotatable bonds is 2. The molecule has 2 aromatic rings. The second-order valence-corrected chi connectivity index (χ2v) is 7.29. The molecule has 1 aliphatic rings. The van der Waals surface area contributed by atoms with E-state index in [1.807, 2.05) is 34.0 Å². The van der Waals surface area contributed by atoms with Crippen LogP contribution in [0.1, 0.15) is 54.0 Å². The van der Waals surface area contributed by atoms with Crippen molar-refractivity contribution in [2.24, 2.45) is 0 Å². The SMILES string of the molecule is CC.CCc1cc(B2OC(C)(C)C(C)(C)O2)cc2cnc(N)nc12.CNC. The molecule has 27 heavy (non-hydrogen) atoms. The Hall–Kier alpha value is -1.70. The van der Waals surface area contributed by atoms with Crippen molar-refractivity contribution in [3.63, 3.8) is 0 Å². The Labute approximate surface area is 164 Å². The third-order valence-corrected chi connectivity index (χ3v) is 4.71. The van der Waals surface area contributed by atoms with E-state index in [4.69, 9.17) is 15.0 Å². The molecule has 3 N–H and O–H groups in total. The third kappa shape index (κ3) is 5.18. The molecule has 1 aromatic heterocycles. The highest BCUT2D eigenvalue weighted by atomic mass is 16.7. The Bertz CT molecular complexity index is 734. The van der Waals surface area contributed by atoms with Gasteiger partial charge in [-0.1, -0.05) is 32.9 Å². The topological polar surface area (TPSA) is 82.3 Å². The van der Waals surface area contributed by atoms with E-state index in [1.54, 1.807) is 6.20 Å². The summed E-state index contributed by atoms with van der Waals surface area (Å²) in [6.45, 7) is 14.3. The average molecular weight is 374 g/mol. The highest BCUT2D eigenvalue weighted by Gasteiger charge is 2.51. The van der Waals surface area contributed by atoms with Gasteiger partial charge < -0.3 is 20.4 Å². The summed E-state index contributed by atoms with van der Waals surface area (Å²) in [6.07, 6.45) is 2.62. The lowest BCUT2D eigenvalue weighted by Crippen LogP contribution is -2.41. The molecule has 0 amide bonds. The molecule has 1 fully saturated rings. The van der Waals surface area contributed by atoms with E-state index < -0.39 is 0 Å². The Kier molecular flexibility index (Phi) is 8.20. The highest BCUT2D eigenvalue weighted by Crippen LogP contribution is 2.36. The summed E-state index contributed by atoms with van der Waals surface area (Å²) >= 11 is 0. The number of benzene rings is 1. The van der Waals surface area contributed by atoms with Crippen LogP contribution in [0.15, 0.2) is 18.3 Å². The summed E-state index contributed by atoms with van der Waals surface area (Å²) < 4.78 is 12.3. The fourth-order valence-corrected chi connectivity index (χ4v) is 2.64. The second-order valence-electron chi connectivity index (χ2n) is 7.29. The Morgan fingerprint density at radius 2 is 1.59 bits per heavy atom. The predicted molar refractivity (Wildman–Crippen MR) is 115 cm³/mol. The summed E-state index contributed by atoms with van der Waals surface area (Å²) in [5.74, 6) is 0.297. The zero-order chi connectivity index (χ0) is 20.8. The lowest BCUT2D eigenvalue weighted by molar-refractivity contribution is 0.00578. The minimum atomic E-state index is -0.378. The lowest BCUT2D eigenvalue weighted by Gasteiger charge is -2.32. The van der Waals surface area contributed by atoms with Crippen LogP contribution in [0.25, 0.3) is 10.9 Å². The van der Waals surface area contributed by atoms with Crippen LogP contribution in [-0.4, -0.2) is 42.4 Å². The van der Waals surface area contributed by atoms with E-state index in [2.05, 4.69) is 56.0 Å². The van der Waals surface area contributed by atoms with Crippen molar-refractivity contribution >= 4 is 29.4 Å².